The maximum atomic E-state index is 13.8. The van der Waals surface area contributed by atoms with E-state index in [4.69, 9.17) is 4.74 Å². The summed E-state index contributed by atoms with van der Waals surface area (Å²) in [5.41, 5.74) is 4.80. The number of hydrogen-bond donors (Lipinski definition) is 1. The molecule has 2 heterocycles. The molecule has 0 bridgehead atoms. The topological polar surface area (TPSA) is 47.0 Å². The SMILES string of the molecule is Cc1cc(CNC(C)c2ccncc2F)cc(C)c1OCc1ccccn1. The van der Waals surface area contributed by atoms with E-state index in [2.05, 4.69) is 27.4 Å². The Balaban J connectivity index is 1.65. The number of aryl methyl sites for hydroxylation is 2. The van der Waals surface area contributed by atoms with Crippen LogP contribution < -0.4 is 10.1 Å². The summed E-state index contributed by atoms with van der Waals surface area (Å²) in [5, 5.41) is 3.37. The number of hydrogen-bond acceptors (Lipinski definition) is 4. The van der Waals surface area contributed by atoms with Crippen LogP contribution in [0.15, 0.2) is 55.0 Å². The van der Waals surface area contributed by atoms with Gasteiger partial charge in [-0.25, -0.2) is 4.39 Å². The highest BCUT2D eigenvalue weighted by Gasteiger charge is 2.12. The van der Waals surface area contributed by atoms with Crippen LogP contribution in [0.1, 0.15) is 40.9 Å². The minimum Gasteiger partial charge on any atom is -0.487 e. The maximum absolute atomic E-state index is 13.8. The van der Waals surface area contributed by atoms with Gasteiger partial charge in [-0.1, -0.05) is 18.2 Å². The number of halogens is 1. The zero-order chi connectivity index (χ0) is 19.2. The highest BCUT2D eigenvalue weighted by atomic mass is 19.1. The summed E-state index contributed by atoms with van der Waals surface area (Å²) in [4.78, 5) is 8.08. The van der Waals surface area contributed by atoms with Crippen molar-refractivity contribution in [2.45, 2.75) is 40.0 Å². The third kappa shape index (κ3) is 4.89. The summed E-state index contributed by atoms with van der Waals surface area (Å²) in [6.45, 7) is 7.11. The zero-order valence-corrected chi connectivity index (χ0v) is 15.9. The van der Waals surface area contributed by atoms with E-state index in [0.29, 0.717) is 18.7 Å². The molecule has 0 radical (unpaired) electrons. The average Bonchev–Trinajstić information content (AvgIpc) is 2.66. The molecule has 1 N–H and O–H groups in total. The molecule has 1 unspecified atom stereocenters. The summed E-state index contributed by atoms with van der Waals surface area (Å²) < 4.78 is 19.8. The van der Waals surface area contributed by atoms with E-state index in [9.17, 15) is 4.39 Å². The van der Waals surface area contributed by atoms with Crippen LogP contribution in [0.3, 0.4) is 0 Å². The molecule has 1 aromatic carbocycles. The molecule has 0 saturated heterocycles. The molecule has 2 aromatic heterocycles. The van der Waals surface area contributed by atoms with Crippen molar-refractivity contribution in [2.24, 2.45) is 0 Å². The maximum Gasteiger partial charge on any atom is 0.146 e. The van der Waals surface area contributed by atoms with E-state index in [1.54, 1.807) is 18.5 Å². The zero-order valence-electron chi connectivity index (χ0n) is 15.9. The Morgan fingerprint density at radius 3 is 2.56 bits per heavy atom. The second-order valence-electron chi connectivity index (χ2n) is 6.67. The number of benzene rings is 1. The standard InChI is InChI=1S/C22H24FN3O/c1-15-10-18(12-26-17(3)20-7-9-24-13-21(20)23)11-16(2)22(15)27-14-19-6-4-5-8-25-19/h4-11,13,17,26H,12,14H2,1-3H3. The van der Waals surface area contributed by atoms with Crippen LogP contribution in [0.5, 0.6) is 5.75 Å². The summed E-state index contributed by atoms with van der Waals surface area (Å²) in [6, 6.07) is 11.6. The van der Waals surface area contributed by atoms with Gasteiger partial charge in [-0.15, -0.1) is 0 Å². The summed E-state index contributed by atoms with van der Waals surface area (Å²) in [7, 11) is 0. The first-order valence-corrected chi connectivity index (χ1v) is 9.00. The first-order chi connectivity index (χ1) is 13.0. The summed E-state index contributed by atoms with van der Waals surface area (Å²) >= 11 is 0. The van der Waals surface area contributed by atoms with Crippen LogP contribution >= 0.6 is 0 Å². The van der Waals surface area contributed by atoms with Gasteiger partial charge >= 0.3 is 0 Å². The molecule has 0 aliphatic rings. The van der Waals surface area contributed by atoms with Crippen LogP contribution in [0, 0.1) is 19.7 Å². The van der Waals surface area contributed by atoms with Crippen molar-refractivity contribution in [3.05, 3.63) is 88.8 Å². The molecule has 0 aliphatic heterocycles. The molecule has 3 aromatic rings. The van der Waals surface area contributed by atoms with Gasteiger partial charge in [0.1, 0.15) is 18.2 Å². The van der Waals surface area contributed by atoms with Gasteiger partial charge < -0.3 is 10.1 Å². The highest BCUT2D eigenvalue weighted by Crippen LogP contribution is 2.26. The summed E-state index contributed by atoms with van der Waals surface area (Å²) in [5.74, 6) is 0.598. The third-order valence-corrected chi connectivity index (χ3v) is 4.49. The number of rotatable bonds is 7. The second-order valence-corrected chi connectivity index (χ2v) is 6.67. The summed E-state index contributed by atoms with van der Waals surface area (Å²) in [6.07, 6.45) is 4.62. The predicted octanol–water partition coefficient (Wildman–Crippen LogP) is 4.66. The molecule has 0 fully saturated rings. The lowest BCUT2D eigenvalue weighted by molar-refractivity contribution is 0.297. The molecule has 5 heteroatoms. The molecule has 0 spiro atoms. The Labute approximate surface area is 159 Å². The second kappa shape index (κ2) is 8.73. The van der Waals surface area contributed by atoms with Crippen molar-refractivity contribution >= 4 is 0 Å². The normalized spacial score (nSPS) is 12.0. The Morgan fingerprint density at radius 2 is 1.89 bits per heavy atom. The molecule has 0 amide bonds. The monoisotopic (exact) mass is 365 g/mol. The van der Waals surface area contributed by atoms with Crippen LogP contribution in [0.25, 0.3) is 0 Å². The fourth-order valence-corrected chi connectivity index (χ4v) is 3.12. The minimum atomic E-state index is -0.289. The van der Waals surface area contributed by atoms with Gasteiger partial charge in [0.15, 0.2) is 0 Å². The molecule has 140 valence electrons. The molecule has 27 heavy (non-hydrogen) atoms. The number of aromatic nitrogens is 2. The van der Waals surface area contributed by atoms with Crippen molar-refractivity contribution < 1.29 is 9.13 Å². The van der Waals surface area contributed by atoms with Crippen LogP contribution in [-0.4, -0.2) is 9.97 Å². The molecular formula is C22H24FN3O. The van der Waals surface area contributed by atoms with Crippen LogP contribution in [0.2, 0.25) is 0 Å². The quantitative estimate of drug-likeness (QED) is 0.661. The first-order valence-electron chi connectivity index (χ1n) is 9.00. The van der Waals surface area contributed by atoms with E-state index >= 15 is 0 Å². The number of nitrogens with one attached hydrogen (secondary N) is 1. The Kier molecular flexibility index (Phi) is 6.14. The Morgan fingerprint density at radius 1 is 1.11 bits per heavy atom. The first kappa shape index (κ1) is 19.0. The van der Waals surface area contributed by atoms with Gasteiger partial charge in [0.2, 0.25) is 0 Å². The van der Waals surface area contributed by atoms with E-state index in [1.807, 2.05) is 39.0 Å². The lowest BCUT2D eigenvalue weighted by Crippen LogP contribution is -2.19. The van der Waals surface area contributed by atoms with Crippen molar-refractivity contribution in [1.29, 1.82) is 0 Å². The smallest absolute Gasteiger partial charge is 0.146 e. The molecular weight excluding hydrogens is 341 g/mol. The highest BCUT2D eigenvalue weighted by molar-refractivity contribution is 5.43. The molecule has 4 nitrogen and oxygen atoms in total. The van der Waals surface area contributed by atoms with Gasteiger partial charge in [-0.2, -0.15) is 0 Å². The van der Waals surface area contributed by atoms with E-state index in [-0.39, 0.29) is 11.9 Å². The lowest BCUT2D eigenvalue weighted by Gasteiger charge is -2.17. The molecule has 3 rings (SSSR count). The number of nitrogens with zero attached hydrogens (tertiary/aromatic N) is 2. The van der Waals surface area contributed by atoms with Crippen molar-refractivity contribution in [1.82, 2.24) is 15.3 Å². The van der Waals surface area contributed by atoms with Gasteiger partial charge in [-0.3, -0.25) is 9.97 Å². The van der Waals surface area contributed by atoms with Crippen molar-refractivity contribution in [3.63, 3.8) is 0 Å². The Bertz CT molecular complexity index is 876. The fourth-order valence-electron chi connectivity index (χ4n) is 3.12. The van der Waals surface area contributed by atoms with Crippen LogP contribution in [0.4, 0.5) is 4.39 Å². The number of ether oxygens (including phenoxy) is 1. The van der Waals surface area contributed by atoms with Crippen molar-refractivity contribution in [3.8, 4) is 5.75 Å². The average molecular weight is 365 g/mol. The van der Waals surface area contributed by atoms with E-state index < -0.39 is 0 Å². The van der Waals surface area contributed by atoms with Crippen LogP contribution in [-0.2, 0) is 13.2 Å². The predicted molar refractivity (Wildman–Crippen MR) is 104 cm³/mol. The van der Waals surface area contributed by atoms with E-state index in [0.717, 1.165) is 28.1 Å². The minimum absolute atomic E-state index is 0.103. The van der Waals surface area contributed by atoms with Gasteiger partial charge in [0.25, 0.3) is 0 Å². The van der Waals surface area contributed by atoms with Gasteiger partial charge in [0, 0.05) is 30.5 Å². The third-order valence-electron chi connectivity index (χ3n) is 4.49. The largest absolute Gasteiger partial charge is 0.487 e. The lowest BCUT2D eigenvalue weighted by atomic mass is 10.0. The van der Waals surface area contributed by atoms with Gasteiger partial charge in [-0.05, 0) is 55.7 Å². The van der Waals surface area contributed by atoms with E-state index in [1.165, 1.54) is 6.20 Å². The molecule has 0 aliphatic carbocycles. The molecule has 0 saturated carbocycles. The fraction of sp³-hybridized carbons (Fsp3) is 0.273. The van der Waals surface area contributed by atoms with Crippen molar-refractivity contribution in [2.75, 3.05) is 0 Å². The molecule has 1 atom stereocenters. The van der Waals surface area contributed by atoms with Gasteiger partial charge in [0.05, 0.1) is 11.9 Å². The Hall–Kier alpha value is -2.79. The number of pyridine rings is 2.